The summed E-state index contributed by atoms with van der Waals surface area (Å²) in [4.78, 5) is 16.7. The van der Waals surface area contributed by atoms with Crippen molar-refractivity contribution in [3.8, 4) is 5.75 Å². The third-order valence-corrected chi connectivity index (χ3v) is 3.94. The molecule has 0 bridgehead atoms. The molecule has 0 heterocycles. The molecular weight excluding hydrogens is 358 g/mol. The number of methoxy groups -OCH3 is 1. The standard InChI is InChI=1S/C22H25NO5/c1-4-13-28-23-16(2)17-9-11-19(12-10-17)27-14-18-7-5-6-8-20(18)21(15-26-3)22(24)25/h5-12,15H,4,13-14H2,1-3H3,(H,24,25). The molecule has 28 heavy (non-hydrogen) atoms. The predicted octanol–water partition coefficient (Wildman–Crippen LogP) is 4.49. The molecule has 2 rings (SSSR count). The Kier molecular flexibility index (Phi) is 8.09. The van der Waals surface area contributed by atoms with Gasteiger partial charge in [-0.2, -0.15) is 0 Å². The highest BCUT2D eigenvalue weighted by molar-refractivity contribution is 6.15. The van der Waals surface area contributed by atoms with E-state index in [0.717, 1.165) is 23.3 Å². The van der Waals surface area contributed by atoms with Crippen LogP contribution in [0.3, 0.4) is 0 Å². The smallest absolute Gasteiger partial charge is 0.339 e. The zero-order valence-electron chi connectivity index (χ0n) is 16.3. The summed E-state index contributed by atoms with van der Waals surface area (Å²) in [6.07, 6.45) is 2.13. The minimum Gasteiger partial charge on any atom is -0.503 e. The number of carboxylic acid groups (broad SMARTS) is 1. The molecule has 0 atom stereocenters. The zero-order valence-corrected chi connectivity index (χ0v) is 16.3. The first-order valence-electron chi connectivity index (χ1n) is 9.01. The number of carbonyl (C=O) groups is 1. The molecule has 0 unspecified atom stereocenters. The summed E-state index contributed by atoms with van der Waals surface area (Å²) in [7, 11) is 1.42. The Morgan fingerprint density at radius 1 is 1.14 bits per heavy atom. The van der Waals surface area contributed by atoms with Crippen molar-refractivity contribution < 1.29 is 24.2 Å². The summed E-state index contributed by atoms with van der Waals surface area (Å²) in [6.45, 7) is 4.74. The van der Waals surface area contributed by atoms with Crippen molar-refractivity contribution in [1.82, 2.24) is 0 Å². The lowest BCUT2D eigenvalue weighted by molar-refractivity contribution is -0.130. The molecule has 0 spiro atoms. The minimum absolute atomic E-state index is 0.0796. The van der Waals surface area contributed by atoms with Crippen molar-refractivity contribution in [3.05, 3.63) is 71.5 Å². The highest BCUT2D eigenvalue weighted by atomic mass is 16.6. The molecule has 0 fully saturated rings. The molecule has 0 saturated carbocycles. The van der Waals surface area contributed by atoms with Crippen LogP contribution in [0.1, 0.15) is 37.0 Å². The van der Waals surface area contributed by atoms with Gasteiger partial charge in [0.1, 0.15) is 24.5 Å². The number of hydrogen-bond acceptors (Lipinski definition) is 5. The maximum Gasteiger partial charge on any atom is 0.339 e. The van der Waals surface area contributed by atoms with Gasteiger partial charge >= 0.3 is 5.97 Å². The highest BCUT2D eigenvalue weighted by Gasteiger charge is 2.15. The van der Waals surface area contributed by atoms with E-state index in [1.807, 2.05) is 50.2 Å². The van der Waals surface area contributed by atoms with Crippen LogP contribution < -0.4 is 4.74 Å². The Bertz CT molecular complexity index is 840. The van der Waals surface area contributed by atoms with Crippen LogP contribution in [-0.2, 0) is 21.0 Å². The Morgan fingerprint density at radius 3 is 2.50 bits per heavy atom. The van der Waals surface area contributed by atoms with Crippen LogP contribution in [0.25, 0.3) is 5.57 Å². The number of carboxylic acids is 1. The van der Waals surface area contributed by atoms with Crippen LogP contribution in [0.15, 0.2) is 59.9 Å². The van der Waals surface area contributed by atoms with Gasteiger partial charge in [-0.1, -0.05) is 36.3 Å². The van der Waals surface area contributed by atoms with Gasteiger partial charge in [0.25, 0.3) is 0 Å². The van der Waals surface area contributed by atoms with Gasteiger partial charge < -0.3 is 19.4 Å². The third kappa shape index (κ3) is 5.87. The Morgan fingerprint density at radius 2 is 1.86 bits per heavy atom. The molecule has 2 aromatic rings. The monoisotopic (exact) mass is 383 g/mol. The number of aliphatic carboxylic acids is 1. The van der Waals surface area contributed by atoms with Crippen molar-refractivity contribution in [3.63, 3.8) is 0 Å². The van der Waals surface area contributed by atoms with Gasteiger partial charge in [-0.3, -0.25) is 0 Å². The third-order valence-electron chi connectivity index (χ3n) is 3.94. The molecule has 0 aliphatic heterocycles. The first kappa shape index (κ1) is 21.0. The van der Waals surface area contributed by atoms with Crippen LogP contribution in [-0.4, -0.2) is 30.5 Å². The lowest BCUT2D eigenvalue weighted by Crippen LogP contribution is -2.06. The zero-order chi connectivity index (χ0) is 20.4. The van der Waals surface area contributed by atoms with Gasteiger partial charge in [-0.25, -0.2) is 4.79 Å². The quantitative estimate of drug-likeness (QED) is 0.215. The van der Waals surface area contributed by atoms with E-state index < -0.39 is 5.97 Å². The predicted molar refractivity (Wildman–Crippen MR) is 108 cm³/mol. The number of nitrogens with zero attached hydrogens (tertiary/aromatic N) is 1. The van der Waals surface area contributed by atoms with Crippen LogP contribution in [0.5, 0.6) is 5.75 Å². The normalized spacial score (nSPS) is 11.8. The van der Waals surface area contributed by atoms with Crippen LogP contribution in [0, 0.1) is 0 Å². The number of hydrogen-bond donors (Lipinski definition) is 1. The van der Waals surface area contributed by atoms with Crippen LogP contribution >= 0.6 is 0 Å². The molecule has 6 heteroatoms. The summed E-state index contributed by atoms with van der Waals surface area (Å²) < 4.78 is 10.7. The molecule has 0 amide bonds. The molecule has 6 nitrogen and oxygen atoms in total. The van der Waals surface area contributed by atoms with E-state index in [9.17, 15) is 9.90 Å². The Hall–Kier alpha value is -3.28. The van der Waals surface area contributed by atoms with E-state index >= 15 is 0 Å². The van der Waals surface area contributed by atoms with Gasteiger partial charge in [-0.05, 0) is 54.3 Å². The van der Waals surface area contributed by atoms with Crippen LogP contribution in [0.4, 0.5) is 0 Å². The molecule has 0 aliphatic carbocycles. The SMILES string of the molecule is CCCON=C(C)c1ccc(OCc2ccccc2C(=COC)C(=O)O)cc1. The van der Waals surface area contributed by atoms with Crippen molar-refractivity contribution in [2.24, 2.45) is 5.16 Å². The first-order chi connectivity index (χ1) is 13.6. The van der Waals surface area contributed by atoms with Crippen molar-refractivity contribution in [2.45, 2.75) is 26.9 Å². The minimum atomic E-state index is -1.06. The highest BCUT2D eigenvalue weighted by Crippen LogP contribution is 2.22. The molecule has 0 aromatic heterocycles. The fraction of sp³-hybridized carbons (Fsp3) is 0.273. The van der Waals surface area contributed by atoms with Crippen molar-refractivity contribution in [1.29, 1.82) is 0 Å². The summed E-state index contributed by atoms with van der Waals surface area (Å²) in [5, 5.41) is 13.5. The van der Waals surface area contributed by atoms with Crippen molar-refractivity contribution in [2.75, 3.05) is 13.7 Å². The molecule has 0 saturated heterocycles. The first-order valence-corrected chi connectivity index (χ1v) is 9.01. The molecule has 148 valence electrons. The summed E-state index contributed by atoms with van der Waals surface area (Å²) >= 11 is 0. The van der Waals surface area contributed by atoms with E-state index in [-0.39, 0.29) is 12.2 Å². The maximum atomic E-state index is 11.5. The van der Waals surface area contributed by atoms with Gasteiger partial charge in [0.2, 0.25) is 0 Å². The largest absolute Gasteiger partial charge is 0.503 e. The summed E-state index contributed by atoms with van der Waals surface area (Å²) in [5.74, 6) is -0.382. The maximum absolute atomic E-state index is 11.5. The van der Waals surface area contributed by atoms with E-state index in [1.54, 1.807) is 12.1 Å². The second-order valence-electron chi connectivity index (χ2n) is 6.05. The number of benzene rings is 2. The number of ether oxygens (including phenoxy) is 2. The average molecular weight is 383 g/mol. The Labute approximate surface area is 165 Å². The summed E-state index contributed by atoms with van der Waals surface area (Å²) in [5.41, 5.74) is 3.13. The van der Waals surface area contributed by atoms with Gasteiger partial charge in [0.05, 0.1) is 19.1 Å². The average Bonchev–Trinajstić information content (AvgIpc) is 2.71. The second-order valence-corrected chi connectivity index (χ2v) is 6.05. The van der Waals surface area contributed by atoms with E-state index in [1.165, 1.54) is 13.4 Å². The number of rotatable bonds is 10. The number of oxime groups is 1. The van der Waals surface area contributed by atoms with Gasteiger partial charge in [0.15, 0.2) is 0 Å². The molecule has 2 aromatic carbocycles. The van der Waals surface area contributed by atoms with E-state index in [4.69, 9.17) is 14.3 Å². The molecular formula is C22H25NO5. The lowest BCUT2D eigenvalue weighted by Gasteiger charge is -2.12. The molecule has 0 radical (unpaired) electrons. The lowest BCUT2D eigenvalue weighted by atomic mass is 10.0. The molecule has 1 N–H and O–H groups in total. The van der Waals surface area contributed by atoms with E-state index in [2.05, 4.69) is 5.16 Å². The van der Waals surface area contributed by atoms with Gasteiger partial charge in [-0.15, -0.1) is 0 Å². The molecule has 0 aliphatic rings. The summed E-state index contributed by atoms with van der Waals surface area (Å²) in [6, 6.07) is 14.7. The van der Waals surface area contributed by atoms with Gasteiger partial charge in [0, 0.05) is 0 Å². The van der Waals surface area contributed by atoms with Crippen molar-refractivity contribution >= 4 is 17.3 Å². The second kappa shape index (κ2) is 10.8. The Balaban J connectivity index is 2.10. The van der Waals surface area contributed by atoms with Crippen LogP contribution in [0.2, 0.25) is 0 Å². The fourth-order valence-corrected chi connectivity index (χ4v) is 2.50. The topological polar surface area (TPSA) is 77.3 Å². The van der Waals surface area contributed by atoms with E-state index in [0.29, 0.717) is 17.9 Å². The fourth-order valence-electron chi connectivity index (χ4n) is 2.50.